The fourth-order valence-electron chi connectivity index (χ4n) is 1.34. The fourth-order valence-corrected chi connectivity index (χ4v) is 1.34. The first kappa shape index (κ1) is 14.4. The Morgan fingerprint density at radius 2 is 2.28 bits per heavy atom. The molecule has 1 rings (SSSR count). The van der Waals surface area contributed by atoms with Crippen LogP contribution >= 0.6 is 0 Å². The largest absolute Gasteiger partial charge is 0.490 e. The molecule has 0 aromatic heterocycles. The molecule has 18 heavy (non-hydrogen) atoms. The normalized spacial score (nSPS) is 12.2. The first-order valence-corrected chi connectivity index (χ1v) is 5.95. The van der Waals surface area contributed by atoms with Gasteiger partial charge in [-0.15, -0.1) is 0 Å². The number of benzene rings is 1. The Kier molecular flexibility index (Phi) is 5.58. The first-order valence-electron chi connectivity index (χ1n) is 5.95. The maximum absolute atomic E-state index is 13.7. The Labute approximate surface area is 106 Å². The molecule has 1 unspecified atom stereocenters. The maximum atomic E-state index is 13.7. The van der Waals surface area contributed by atoms with E-state index in [2.05, 4.69) is 5.32 Å². The highest BCUT2D eigenvalue weighted by atomic mass is 19.1. The first-order chi connectivity index (χ1) is 8.54. The van der Waals surface area contributed by atoms with Crippen molar-refractivity contribution in [3.05, 3.63) is 29.6 Å². The standard InChI is InChI=1S/C13H19FN2O2/c1-3-16-7-10-4-5-12(11(14)6-10)18-8-9(2)13(15)17/h4-6,9,16H,3,7-8H2,1-2H3,(H2,15,17). The molecule has 100 valence electrons. The summed E-state index contributed by atoms with van der Waals surface area (Å²) < 4.78 is 18.9. The number of carbonyl (C=O) groups excluding carboxylic acids is 1. The predicted molar refractivity (Wildman–Crippen MR) is 67.6 cm³/mol. The monoisotopic (exact) mass is 254 g/mol. The molecule has 0 heterocycles. The molecule has 0 aliphatic carbocycles. The highest BCUT2D eigenvalue weighted by Crippen LogP contribution is 2.19. The maximum Gasteiger partial charge on any atom is 0.223 e. The molecule has 0 bridgehead atoms. The van der Waals surface area contributed by atoms with Crippen molar-refractivity contribution in [1.82, 2.24) is 5.32 Å². The van der Waals surface area contributed by atoms with Gasteiger partial charge in [-0.3, -0.25) is 4.79 Å². The van der Waals surface area contributed by atoms with Crippen molar-refractivity contribution in [3.63, 3.8) is 0 Å². The van der Waals surface area contributed by atoms with Crippen LogP contribution in [0.1, 0.15) is 19.4 Å². The molecule has 1 aromatic carbocycles. The minimum absolute atomic E-state index is 0.0822. The van der Waals surface area contributed by atoms with Gasteiger partial charge in [0.15, 0.2) is 11.6 Å². The van der Waals surface area contributed by atoms with E-state index in [1.165, 1.54) is 6.07 Å². The number of hydrogen-bond donors (Lipinski definition) is 2. The Balaban J connectivity index is 2.59. The summed E-state index contributed by atoms with van der Waals surface area (Å²) in [6, 6.07) is 4.78. The summed E-state index contributed by atoms with van der Waals surface area (Å²) in [5, 5.41) is 3.11. The van der Waals surface area contributed by atoms with Gasteiger partial charge in [0.25, 0.3) is 0 Å². The van der Waals surface area contributed by atoms with Gasteiger partial charge in [0.1, 0.15) is 0 Å². The fraction of sp³-hybridized carbons (Fsp3) is 0.462. The Bertz CT molecular complexity index is 410. The summed E-state index contributed by atoms with van der Waals surface area (Å²) in [6.45, 7) is 5.15. The summed E-state index contributed by atoms with van der Waals surface area (Å²) in [6.07, 6.45) is 0. The van der Waals surface area contributed by atoms with E-state index in [1.807, 2.05) is 6.92 Å². The van der Waals surface area contributed by atoms with Gasteiger partial charge >= 0.3 is 0 Å². The summed E-state index contributed by atoms with van der Waals surface area (Å²) >= 11 is 0. The van der Waals surface area contributed by atoms with Crippen LogP contribution in [0, 0.1) is 11.7 Å². The van der Waals surface area contributed by atoms with Gasteiger partial charge in [0, 0.05) is 6.54 Å². The van der Waals surface area contributed by atoms with Crippen molar-refractivity contribution in [2.45, 2.75) is 20.4 Å². The zero-order chi connectivity index (χ0) is 13.5. The third kappa shape index (κ3) is 4.33. The molecule has 1 aromatic rings. The number of rotatable bonds is 7. The molecule has 0 aliphatic rings. The SMILES string of the molecule is CCNCc1ccc(OCC(C)C(N)=O)c(F)c1. The third-order valence-electron chi connectivity index (χ3n) is 2.55. The highest BCUT2D eigenvalue weighted by Gasteiger charge is 2.11. The van der Waals surface area contributed by atoms with Gasteiger partial charge in [0.2, 0.25) is 5.91 Å². The van der Waals surface area contributed by atoms with Gasteiger partial charge in [-0.2, -0.15) is 0 Å². The molecule has 0 spiro atoms. The number of halogens is 1. The zero-order valence-corrected chi connectivity index (χ0v) is 10.7. The van der Waals surface area contributed by atoms with E-state index >= 15 is 0 Å². The molecule has 0 saturated heterocycles. The molecule has 1 atom stereocenters. The van der Waals surface area contributed by atoms with Crippen LogP contribution in [-0.4, -0.2) is 19.1 Å². The predicted octanol–water partition coefficient (Wildman–Crippen LogP) is 1.44. The minimum atomic E-state index is -0.459. The number of amides is 1. The average molecular weight is 254 g/mol. The topological polar surface area (TPSA) is 64.3 Å². The molecule has 0 radical (unpaired) electrons. The lowest BCUT2D eigenvalue weighted by atomic mass is 10.2. The number of nitrogens with one attached hydrogen (secondary N) is 1. The molecule has 4 nitrogen and oxygen atoms in total. The Hall–Kier alpha value is -1.62. The Morgan fingerprint density at radius 1 is 1.56 bits per heavy atom. The van der Waals surface area contributed by atoms with Gasteiger partial charge < -0.3 is 15.8 Å². The summed E-state index contributed by atoms with van der Waals surface area (Å²) in [5.74, 6) is -1.18. The van der Waals surface area contributed by atoms with Gasteiger partial charge in [-0.25, -0.2) is 4.39 Å². The van der Waals surface area contributed by atoms with Crippen molar-refractivity contribution >= 4 is 5.91 Å². The second kappa shape index (κ2) is 6.96. The van der Waals surface area contributed by atoms with Crippen LogP contribution in [0.5, 0.6) is 5.75 Å². The van der Waals surface area contributed by atoms with Crippen LogP contribution in [0.2, 0.25) is 0 Å². The van der Waals surface area contributed by atoms with E-state index in [4.69, 9.17) is 10.5 Å². The minimum Gasteiger partial charge on any atom is -0.490 e. The van der Waals surface area contributed by atoms with E-state index in [9.17, 15) is 9.18 Å². The van der Waals surface area contributed by atoms with Crippen LogP contribution in [-0.2, 0) is 11.3 Å². The third-order valence-corrected chi connectivity index (χ3v) is 2.55. The van der Waals surface area contributed by atoms with Crippen molar-refractivity contribution in [2.24, 2.45) is 11.7 Å². The molecule has 5 heteroatoms. The number of carbonyl (C=O) groups is 1. The summed E-state index contributed by atoms with van der Waals surface area (Å²) in [5.41, 5.74) is 5.95. The summed E-state index contributed by atoms with van der Waals surface area (Å²) in [4.78, 5) is 10.8. The van der Waals surface area contributed by atoms with Crippen LogP contribution in [0.3, 0.4) is 0 Å². The molecule has 0 aliphatic heterocycles. The van der Waals surface area contributed by atoms with E-state index < -0.39 is 17.6 Å². The summed E-state index contributed by atoms with van der Waals surface area (Å²) in [7, 11) is 0. The molecular formula is C13H19FN2O2. The second-order valence-corrected chi connectivity index (χ2v) is 4.16. The van der Waals surface area contributed by atoms with E-state index in [1.54, 1.807) is 19.1 Å². The molecule has 0 saturated carbocycles. The van der Waals surface area contributed by atoms with Crippen molar-refractivity contribution < 1.29 is 13.9 Å². The lowest BCUT2D eigenvalue weighted by Crippen LogP contribution is -2.26. The van der Waals surface area contributed by atoms with E-state index in [0.29, 0.717) is 6.54 Å². The van der Waals surface area contributed by atoms with Crippen LogP contribution < -0.4 is 15.8 Å². The average Bonchev–Trinajstić information content (AvgIpc) is 2.34. The van der Waals surface area contributed by atoms with E-state index in [0.717, 1.165) is 12.1 Å². The van der Waals surface area contributed by atoms with Crippen LogP contribution in [0.15, 0.2) is 18.2 Å². The number of primary amides is 1. The van der Waals surface area contributed by atoms with Crippen molar-refractivity contribution in [3.8, 4) is 5.75 Å². The number of ether oxygens (including phenoxy) is 1. The smallest absolute Gasteiger partial charge is 0.223 e. The van der Waals surface area contributed by atoms with Gasteiger partial charge in [-0.05, 0) is 24.2 Å². The van der Waals surface area contributed by atoms with Gasteiger partial charge in [0.05, 0.1) is 12.5 Å². The highest BCUT2D eigenvalue weighted by molar-refractivity contribution is 5.76. The second-order valence-electron chi connectivity index (χ2n) is 4.16. The zero-order valence-electron chi connectivity index (χ0n) is 10.7. The van der Waals surface area contributed by atoms with E-state index in [-0.39, 0.29) is 12.4 Å². The quantitative estimate of drug-likeness (QED) is 0.773. The number of nitrogens with two attached hydrogens (primary N) is 1. The van der Waals surface area contributed by atoms with Crippen molar-refractivity contribution in [1.29, 1.82) is 0 Å². The number of hydrogen-bond acceptors (Lipinski definition) is 3. The lowest BCUT2D eigenvalue weighted by molar-refractivity contribution is -0.122. The molecular weight excluding hydrogens is 235 g/mol. The van der Waals surface area contributed by atoms with Crippen molar-refractivity contribution in [2.75, 3.05) is 13.2 Å². The molecule has 3 N–H and O–H groups in total. The lowest BCUT2D eigenvalue weighted by Gasteiger charge is -2.11. The Morgan fingerprint density at radius 3 is 2.83 bits per heavy atom. The molecule has 1 amide bonds. The van der Waals surface area contributed by atoms with Gasteiger partial charge in [-0.1, -0.05) is 19.9 Å². The van der Waals surface area contributed by atoms with Crippen LogP contribution in [0.4, 0.5) is 4.39 Å². The molecule has 0 fully saturated rings. The van der Waals surface area contributed by atoms with Crippen LogP contribution in [0.25, 0.3) is 0 Å².